The Kier molecular flexibility index (Phi) is 8.10. The van der Waals surface area contributed by atoms with Crippen molar-refractivity contribution in [2.45, 2.75) is 70.6 Å². The van der Waals surface area contributed by atoms with Crippen LogP contribution < -0.4 is 5.32 Å². The van der Waals surface area contributed by atoms with Gasteiger partial charge >= 0.3 is 12.1 Å². The lowest BCUT2D eigenvalue weighted by atomic mass is 10.1. The Morgan fingerprint density at radius 2 is 1.83 bits per heavy atom. The number of amides is 4. The van der Waals surface area contributed by atoms with Gasteiger partial charge in [0.2, 0.25) is 5.91 Å². The molecule has 168 valence electrons. The topological polar surface area (TPSA) is 122 Å². The van der Waals surface area contributed by atoms with Gasteiger partial charge in [-0.1, -0.05) is 0 Å². The van der Waals surface area contributed by atoms with Crippen molar-refractivity contribution in [1.82, 2.24) is 15.3 Å². The third-order valence-electron chi connectivity index (χ3n) is 4.59. The van der Waals surface area contributed by atoms with Gasteiger partial charge in [-0.25, -0.2) is 9.59 Å². The SMILES string of the molecule is CSCC[C@H](NC(=O)OC(C)(C)C)C(=O)N1CCC[C@H]1C(=O)ON1C(=O)CCC1=O. The molecule has 2 saturated heterocycles. The zero-order valence-corrected chi connectivity index (χ0v) is 18.6. The summed E-state index contributed by atoms with van der Waals surface area (Å²) in [6.45, 7) is 5.47. The van der Waals surface area contributed by atoms with E-state index in [0.717, 1.165) is 0 Å². The van der Waals surface area contributed by atoms with Crippen LogP contribution in [0.2, 0.25) is 0 Å². The Morgan fingerprint density at radius 3 is 2.40 bits per heavy atom. The molecule has 0 aromatic rings. The van der Waals surface area contributed by atoms with E-state index in [0.29, 0.717) is 36.6 Å². The van der Waals surface area contributed by atoms with Gasteiger partial charge in [0.1, 0.15) is 17.7 Å². The van der Waals surface area contributed by atoms with Crippen LogP contribution in [0, 0.1) is 0 Å². The molecule has 1 N–H and O–H groups in total. The number of alkyl carbamates (subject to hydrolysis) is 1. The van der Waals surface area contributed by atoms with Crippen molar-refractivity contribution in [3.63, 3.8) is 0 Å². The van der Waals surface area contributed by atoms with E-state index in [-0.39, 0.29) is 12.8 Å². The number of hydrogen-bond acceptors (Lipinski definition) is 8. The highest BCUT2D eigenvalue weighted by molar-refractivity contribution is 7.98. The van der Waals surface area contributed by atoms with Crippen LogP contribution in [0.3, 0.4) is 0 Å². The zero-order chi connectivity index (χ0) is 22.5. The predicted molar refractivity (Wildman–Crippen MR) is 108 cm³/mol. The Hall–Kier alpha value is -2.30. The monoisotopic (exact) mass is 443 g/mol. The second-order valence-corrected chi connectivity index (χ2v) is 9.15. The predicted octanol–water partition coefficient (Wildman–Crippen LogP) is 1.23. The maximum absolute atomic E-state index is 13.1. The lowest BCUT2D eigenvalue weighted by Gasteiger charge is -2.29. The van der Waals surface area contributed by atoms with E-state index in [1.165, 1.54) is 16.7 Å². The molecule has 0 spiro atoms. The van der Waals surface area contributed by atoms with Crippen molar-refractivity contribution in [3.8, 4) is 0 Å². The van der Waals surface area contributed by atoms with Gasteiger partial charge in [0.25, 0.3) is 11.8 Å². The molecule has 11 heteroatoms. The highest BCUT2D eigenvalue weighted by Crippen LogP contribution is 2.23. The molecule has 2 aliphatic rings. The third kappa shape index (κ3) is 6.35. The van der Waals surface area contributed by atoms with E-state index in [1.54, 1.807) is 20.8 Å². The molecule has 2 atom stereocenters. The first-order valence-electron chi connectivity index (χ1n) is 9.90. The van der Waals surface area contributed by atoms with Gasteiger partial charge in [0, 0.05) is 19.4 Å². The summed E-state index contributed by atoms with van der Waals surface area (Å²) in [6.07, 6.45) is 2.44. The number of carbonyl (C=O) groups is 5. The Balaban J connectivity index is 2.07. The van der Waals surface area contributed by atoms with Gasteiger partial charge in [-0.15, -0.1) is 5.06 Å². The van der Waals surface area contributed by atoms with Gasteiger partial charge in [-0.3, -0.25) is 14.4 Å². The van der Waals surface area contributed by atoms with Crippen molar-refractivity contribution in [3.05, 3.63) is 0 Å². The summed E-state index contributed by atoms with van der Waals surface area (Å²) in [5, 5.41) is 3.07. The first kappa shape index (κ1) is 24.0. The van der Waals surface area contributed by atoms with E-state index in [1.807, 2.05) is 6.26 Å². The molecule has 0 aromatic carbocycles. The Labute approximate surface area is 179 Å². The van der Waals surface area contributed by atoms with Crippen molar-refractivity contribution >= 4 is 41.5 Å². The summed E-state index contributed by atoms with van der Waals surface area (Å²) < 4.78 is 5.25. The number of nitrogens with one attached hydrogen (secondary N) is 1. The lowest BCUT2D eigenvalue weighted by Crippen LogP contribution is -2.53. The maximum Gasteiger partial charge on any atom is 0.408 e. The van der Waals surface area contributed by atoms with Crippen molar-refractivity contribution in [2.75, 3.05) is 18.6 Å². The molecule has 0 bridgehead atoms. The second kappa shape index (κ2) is 10.1. The van der Waals surface area contributed by atoms with E-state index in [2.05, 4.69) is 5.32 Å². The summed E-state index contributed by atoms with van der Waals surface area (Å²) in [5.74, 6) is -1.78. The largest absolute Gasteiger partial charge is 0.444 e. The molecule has 2 fully saturated rings. The second-order valence-electron chi connectivity index (χ2n) is 8.16. The standard InChI is InChI=1S/C19H29N3O7S/c1-19(2,3)28-18(27)20-12(9-11-30-4)16(25)21-10-5-6-13(21)17(26)29-22-14(23)7-8-15(22)24/h12-13H,5-11H2,1-4H3,(H,20,27)/t12-,13-/m0/s1. The highest BCUT2D eigenvalue weighted by Gasteiger charge is 2.42. The number of thioether (sulfide) groups is 1. The minimum Gasteiger partial charge on any atom is -0.444 e. The van der Waals surface area contributed by atoms with Gasteiger partial charge in [-0.05, 0) is 52.0 Å². The van der Waals surface area contributed by atoms with Crippen LogP contribution in [-0.4, -0.2) is 76.0 Å². The van der Waals surface area contributed by atoms with E-state index < -0.39 is 47.5 Å². The van der Waals surface area contributed by atoms with Gasteiger partial charge < -0.3 is 19.8 Å². The normalized spacial score (nSPS) is 20.3. The van der Waals surface area contributed by atoms with Gasteiger partial charge in [0.05, 0.1) is 0 Å². The van der Waals surface area contributed by atoms with Gasteiger partial charge in [0.15, 0.2) is 0 Å². The number of carbonyl (C=O) groups excluding carboxylic acids is 5. The van der Waals surface area contributed by atoms with Gasteiger partial charge in [-0.2, -0.15) is 11.8 Å². The average molecular weight is 444 g/mol. The number of hydroxylamine groups is 2. The zero-order valence-electron chi connectivity index (χ0n) is 17.8. The first-order chi connectivity index (χ1) is 14.0. The molecule has 4 amide bonds. The minimum atomic E-state index is -0.920. The summed E-state index contributed by atoms with van der Waals surface area (Å²) in [6, 6.07) is -1.79. The van der Waals surface area contributed by atoms with Crippen LogP contribution in [0.5, 0.6) is 0 Å². The molecule has 2 aliphatic heterocycles. The molecule has 0 saturated carbocycles. The molecular weight excluding hydrogens is 414 g/mol. The maximum atomic E-state index is 13.1. The quantitative estimate of drug-likeness (QED) is 0.583. The number of rotatable bonds is 7. The number of ether oxygens (including phenoxy) is 1. The number of likely N-dealkylation sites (tertiary alicyclic amines) is 1. The Morgan fingerprint density at radius 1 is 1.20 bits per heavy atom. The minimum absolute atomic E-state index is 0.00398. The smallest absolute Gasteiger partial charge is 0.408 e. The first-order valence-corrected chi connectivity index (χ1v) is 11.3. The molecule has 10 nitrogen and oxygen atoms in total. The molecule has 0 aromatic heterocycles. The fourth-order valence-electron chi connectivity index (χ4n) is 3.23. The van der Waals surface area contributed by atoms with Crippen LogP contribution in [0.15, 0.2) is 0 Å². The Bertz CT molecular complexity index is 691. The molecule has 0 aliphatic carbocycles. The lowest BCUT2D eigenvalue weighted by molar-refractivity contribution is -0.200. The fraction of sp³-hybridized carbons (Fsp3) is 0.737. The molecule has 2 heterocycles. The summed E-state index contributed by atoms with van der Waals surface area (Å²) in [5.41, 5.74) is -0.716. The molecular formula is C19H29N3O7S. The highest BCUT2D eigenvalue weighted by atomic mass is 32.2. The van der Waals surface area contributed by atoms with Crippen LogP contribution in [0.1, 0.15) is 52.9 Å². The molecule has 30 heavy (non-hydrogen) atoms. The van der Waals surface area contributed by atoms with Crippen LogP contribution >= 0.6 is 11.8 Å². The van der Waals surface area contributed by atoms with Crippen LogP contribution in [0.4, 0.5) is 4.79 Å². The molecule has 2 rings (SSSR count). The summed E-state index contributed by atoms with van der Waals surface area (Å²) in [7, 11) is 0. The molecule has 0 unspecified atom stereocenters. The van der Waals surface area contributed by atoms with Crippen LogP contribution in [-0.2, 0) is 28.8 Å². The van der Waals surface area contributed by atoms with E-state index >= 15 is 0 Å². The van der Waals surface area contributed by atoms with Crippen molar-refractivity contribution < 1.29 is 33.5 Å². The third-order valence-corrected chi connectivity index (χ3v) is 5.24. The molecule has 0 radical (unpaired) electrons. The number of hydrogen-bond donors (Lipinski definition) is 1. The number of nitrogens with zero attached hydrogens (tertiary/aromatic N) is 2. The fourth-order valence-corrected chi connectivity index (χ4v) is 3.70. The number of imide groups is 1. The van der Waals surface area contributed by atoms with Crippen molar-refractivity contribution in [2.24, 2.45) is 0 Å². The average Bonchev–Trinajstić information content (AvgIpc) is 3.25. The summed E-state index contributed by atoms with van der Waals surface area (Å²) in [4.78, 5) is 67.6. The van der Waals surface area contributed by atoms with E-state index in [4.69, 9.17) is 9.57 Å². The summed E-state index contributed by atoms with van der Waals surface area (Å²) >= 11 is 1.52. The van der Waals surface area contributed by atoms with Crippen molar-refractivity contribution in [1.29, 1.82) is 0 Å². The van der Waals surface area contributed by atoms with Crippen LogP contribution in [0.25, 0.3) is 0 Å². The van der Waals surface area contributed by atoms with E-state index in [9.17, 15) is 24.0 Å².